The molecule has 0 aliphatic heterocycles. The van der Waals surface area contributed by atoms with Gasteiger partial charge in [-0.3, -0.25) is 0 Å². The van der Waals surface area contributed by atoms with Crippen molar-refractivity contribution in [2.75, 3.05) is 11.1 Å². The molecule has 1 aromatic carbocycles. The van der Waals surface area contributed by atoms with Crippen molar-refractivity contribution in [3.63, 3.8) is 0 Å². The Balaban J connectivity index is 2.77. The molecule has 72 valence electrons. The molecular formula is C9H12BrNO2. The maximum atomic E-state index is 9.56. The molecule has 2 atom stereocenters. The zero-order chi connectivity index (χ0) is 9.84. The molecule has 0 aliphatic rings. The van der Waals surface area contributed by atoms with Crippen LogP contribution < -0.4 is 5.73 Å². The lowest BCUT2D eigenvalue weighted by atomic mass is 10.1. The average molecular weight is 246 g/mol. The lowest BCUT2D eigenvalue weighted by molar-refractivity contribution is 0.0343. The van der Waals surface area contributed by atoms with Crippen LogP contribution in [0.25, 0.3) is 0 Å². The van der Waals surface area contributed by atoms with E-state index < -0.39 is 12.2 Å². The number of halogens is 1. The Morgan fingerprint density at radius 1 is 1.23 bits per heavy atom. The third-order valence-corrected chi connectivity index (χ3v) is 2.46. The highest BCUT2D eigenvalue weighted by Gasteiger charge is 2.16. The lowest BCUT2D eigenvalue weighted by Crippen LogP contribution is -2.19. The molecule has 0 bridgehead atoms. The second kappa shape index (κ2) is 4.60. The van der Waals surface area contributed by atoms with E-state index in [1.54, 1.807) is 24.3 Å². The van der Waals surface area contributed by atoms with E-state index in [0.29, 0.717) is 16.6 Å². The number of benzene rings is 1. The van der Waals surface area contributed by atoms with Crippen molar-refractivity contribution in [2.45, 2.75) is 12.2 Å². The van der Waals surface area contributed by atoms with Crippen molar-refractivity contribution in [3.8, 4) is 0 Å². The van der Waals surface area contributed by atoms with E-state index in [0.717, 1.165) is 0 Å². The monoisotopic (exact) mass is 245 g/mol. The Bertz CT molecular complexity index is 263. The highest BCUT2D eigenvalue weighted by molar-refractivity contribution is 9.09. The predicted octanol–water partition coefficient (Wildman–Crippen LogP) is 1.06. The largest absolute Gasteiger partial charge is 0.399 e. The first-order chi connectivity index (χ1) is 6.15. The maximum absolute atomic E-state index is 9.56. The number of hydrogen-bond donors (Lipinski definition) is 3. The summed E-state index contributed by atoms with van der Waals surface area (Å²) in [4.78, 5) is 0. The molecule has 0 heterocycles. The number of nitrogens with two attached hydrogens (primary N) is 1. The van der Waals surface area contributed by atoms with Gasteiger partial charge in [0.05, 0.1) is 6.10 Å². The summed E-state index contributed by atoms with van der Waals surface area (Å²) in [6, 6.07) is 6.79. The molecule has 1 aromatic rings. The van der Waals surface area contributed by atoms with Gasteiger partial charge in [0.25, 0.3) is 0 Å². The van der Waals surface area contributed by atoms with Crippen LogP contribution in [0.5, 0.6) is 0 Å². The van der Waals surface area contributed by atoms with E-state index in [9.17, 15) is 10.2 Å². The van der Waals surface area contributed by atoms with E-state index >= 15 is 0 Å². The molecule has 0 radical (unpaired) electrons. The molecule has 13 heavy (non-hydrogen) atoms. The molecule has 0 amide bonds. The number of aliphatic hydroxyl groups excluding tert-OH is 2. The van der Waals surface area contributed by atoms with Crippen molar-refractivity contribution >= 4 is 21.6 Å². The highest BCUT2D eigenvalue weighted by atomic mass is 79.9. The summed E-state index contributed by atoms with van der Waals surface area (Å²) in [7, 11) is 0. The molecule has 0 saturated carbocycles. The fraction of sp³-hybridized carbons (Fsp3) is 0.333. The topological polar surface area (TPSA) is 66.5 Å². The fourth-order valence-corrected chi connectivity index (χ4v) is 1.35. The predicted molar refractivity (Wildman–Crippen MR) is 55.6 cm³/mol. The summed E-state index contributed by atoms with van der Waals surface area (Å²) < 4.78 is 0. The van der Waals surface area contributed by atoms with Crippen LogP contribution in [0.15, 0.2) is 24.3 Å². The summed E-state index contributed by atoms with van der Waals surface area (Å²) in [5.74, 6) is 0. The Kier molecular flexibility index (Phi) is 3.71. The minimum atomic E-state index is -0.861. The highest BCUT2D eigenvalue weighted by Crippen LogP contribution is 2.19. The number of nitrogen functional groups attached to an aromatic ring is 1. The van der Waals surface area contributed by atoms with E-state index in [4.69, 9.17) is 5.73 Å². The second-order valence-corrected chi connectivity index (χ2v) is 3.48. The second-order valence-electron chi connectivity index (χ2n) is 2.83. The van der Waals surface area contributed by atoms with Crippen LogP contribution in [0.4, 0.5) is 5.69 Å². The molecule has 0 spiro atoms. The maximum Gasteiger partial charge on any atom is 0.106 e. The Morgan fingerprint density at radius 2 is 1.77 bits per heavy atom. The summed E-state index contributed by atoms with van der Waals surface area (Å²) in [5, 5.41) is 19.2. The smallest absolute Gasteiger partial charge is 0.106 e. The van der Waals surface area contributed by atoms with Gasteiger partial charge >= 0.3 is 0 Å². The summed E-state index contributed by atoms with van der Waals surface area (Å²) in [6.07, 6.45) is -1.65. The van der Waals surface area contributed by atoms with Gasteiger partial charge in [0.15, 0.2) is 0 Å². The molecule has 2 unspecified atom stereocenters. The van der Waals surface area contributed by atoms with Crippen molar-refractivity contribution in [2.24, 2.45) is 0 Å². The minimum absolute atomic E-state index is 0.346. The minimum Gasteiger partial charge on any atom is -0.399 e. The van der Waals surface area contributed by atoms with Crippen LogP contribution in [0.3, 0.4) is 0 Å². The van der Waals surface area contributed by atoms with Crippen LogP contribution in [0.1, 0.15) is 11.7 Å². The van der Waals surface area contributed by atoms with Gasteiger partial charge in [-0.15, -0.1) is 0 Å². The van der Waals surface area contributed by atoms with Crippen LogP contribution in [-0.4, -0.2) is 21.6 Å². The van der Waals surface area contributed by atoms with Crippen LogP contribution in [-0.2, 0) is 0 Å². The standard InChI is InChI=1S/C9H12BrNO2/c10-5-8(12)9(13)6-1-3-7(11)4-2-6/h1-4,8-9,12-13H,5,11H2. The summed E-state index contributed by atoms with van der Waals surface area (Å²) >= 11 is 3.09. The quantitative estimate of drug-likeness (QED) is 0.551. The zero-order valence-electron chi connectivity index (χ0n) is 7.02. The van der Waals surface area contributed by atoms with Crippen molar-refractivity contribution < 1.29 is 10.2 Å². The van der Waals surface area contributed by atoms with Crippen LogP contribution in [0, 0.1) is 0 Å². The first-order valence-electron chi connectivity index (χ1n) is 3.92. The third kappa shape index (κ3) is 2.69. The number of hydrogen-bond acceptors (Lipinski definition) is 3. The number of rotatable bonds is 3. The van der Waals surface area contributed by atoms with Crippen molar-refractivity contribution in [1.82, 2.24) is 0 Å². The van der Waals surface area contributed by atoms with Crippen molar-refractivity contribution in [3.05, 3.63) is 29.8 Å². The molecule has 0 fully saturated rings. The molecule has 4 heteroatoms. The van der Waals surface area contributed by atoms with Crippen LogP contribution >= 0.6 is 15.9 Å². The summed E-state index contributed by atoms with van der Waals surface area (Å²) in [5.41, 5.74) is 6.79. The lowest BCUT2D eigenvalue weighted by Gasteiger charge is -2.15. The molecule has 0 aromatic heterocycles. The van der Waals surface area contributed by atoms with Gasteiger partial charge in [0, 0.05) is 11.0 Å². The van der Waals surface area contributed by atoms with Gasteiger partial charge in [-0.2, -0.15) is 0 Å². The number of alkyl halides is 1. The number of anilines is 1. The fourth-order valence-electron chi connectivity index (χ4n) is 1.000. The van der Waals surface area contributed by atoms with E-state index in [-0.39, 0.29) is 0 Å². The number of aliphatic hydroxyl groups is 2. The summed E-state index contributed by atoms with van der Waals surface area (Å²) in [6.45, 7) is 0. The average Bonchev–Trinajstić information content (AvgIpc) is 2.17. The first-order valence-corrected chi connectivity index (χ1v) is 5.05. The molecular weight excluding hydrogens is 234 g/mol. The van der Waals surface area contributed by atoms with Crippen LogP contribution in [0.2, 0.25) is 0 Å². The third-order valence-electron chi connectivity index (χ3n) is 1.80. The zero-order valence-corrected chi connectivity index (χ0v) is 8.61. The Labute approximate surface area is 85.3 Å². The van der Waals surface area contributed by atoms with Gasteiger partial charge in [0.2, 0.25) is 0 Å². The molecule has 0 aliphatic carbocycles. The van der Waals surface area contributed by atoms with Gasteiger partial charge in [0.1, 0.15) is 6.10 Å². The van der Waals surface area contributed by atoms with Crippen molar-refractivity contribution in [1.29, 1.82) is 0 Å². The van der Waals surface area contributed by atoms with Gasteiger partial charge in [-0.1, -0.05) is 28.1 Å². The molecule has 3 nitrogen and oxygen atoms in total. The normalized spacial score (nSPS) is 15.3. The van der Waals surface area contributed by atoms with Gasteiger partial charge in [-0.05, 0) is 17.7 Å². The van der Waals surface area contributed by atoms with E-state index in [1.807, 2.05) is 0 Å². The Morgan fingerprint density at radius 3 is 2.23 bits per heavy atom. The molecule has 4 N–H and O–H groups in total. The van der Waals surface area contributed by atoms with Gasteiger partial charge < -0.3 is 15.9 Å². The molecule has 1 rings (SSSR count). The van der Waals surface area contributed by atoms with E-state index in [1.165, 1.54) is 0 Å². The molecule has 0 saturated heterocycles. The SMILES string of the molecule is Nc1ccc(C(O)C(O)CBr)cc1. The Hall–Kier alpha value is -0.580. The van der Waals surface area contributed by atoms with E-state index in [2.05, 4.69) is 15.9 Å². The van der Waals surface area contributed by atoms with Gasteiger partial charge in [-0.25, -0.2) is 0 Å². The first kappa shape index (κ1) is 10.5.